The summed E-state index contributed by atoms with van der Waals surface area (Å²) in [5.41, 5.74) is 0.501. The SMILES string of the molecule is CCCCCCN=C1Nc2cc(Cl)sc2S(=O)(=O)N1. The van der Waals surface area contributed by atoms with E-state index in [1.165, 1.54) is 6.42 Å². The van der Waals surface area contributed by atoms with E-state index in [-0.39, 0.29) is 10.2 Å². The normalized spacial score (nSPS) is 18.7. The molecule has 5 nitrogen and oxygen atoms in total. The molecule has 2 rings (SSSR count). The topological polar surface area (TPSA) is 70.6 Å². The highest BCUT2D eigenvalue weighted by Crippen LogP contribution is 2.36. The number of aliphatic imine (C=N–C) groups is 1. The fraction of sp³-hybridized carbons (Fsp3) is 0.545. The summed E-state index contributed by atoms with van der Waals surface area (Å²) in [5.74, 6) is 0.276. The van der Waals surface area contributed by atoms with Crippen LogP contribution in [0.3, 0.4) is 0 Å². The van der Waals surface area contributed by atoms with Gasteiger partial charge in [0.2, 0.25) is 5.96 Å². The summed E-state index contributed by atoms with van der Waals surface area (Å²) in [6.07, 6.45) is 4.40. The van der Waals surface area contributed by atoms with Crippen LogP contribution in [0.5, 0.6) is 0 Å². The van der Waals surface area contributed by atoms with Crippen LogP contribution >= 0.6 is 22.9 Å². The molecule has 0 aliphatic carbocycles. The molecule has 106 valence electrons. The van der Waals surface area contributed by atoms with Crippen LogP contribution in [-0.4, -0.2) is 20.9 Å². The van der Waals surface area contributed by atoms with Crippen molar-refractivity contribution in [2.24, 2.45) is 4.99 Å². The molecule has 1 aliphatic heterocycles. The molecule has 19 heavy (non-hydrogen) atoms. The molecule has 8 heteroatoms. The highest BCUT2D eigenvalue weighted by atomic mass is 35.5. The highest BCUT2D eigenvalue weighted by molar-refractivity contribution is 7.92. The number of anilines is 1. The second-order valence-electron chi connectivity index (χ2n) is 4.27. The van der Waals surface area contributed by atoms with Crippen molar-refractivity contribution in [2.45, 2.75) is 36.8 Å². The predicted octanol–water partition coefficient (Wildman–Crippen LogP) is 3.04. The van der Waals surface area contributed by atoms with Gasteiger partial charge >= 0.3 is 0 Å². The predicted molar refractivity (Wildman–Crippen MR) is 79.7 cm³/mol. The Morgan fingerprint density at radius 2 is 2.16 bits per heavy atom. The lowest BCUT2D eigenvalue weighted by atomic mass is 10.2. The first kappa shape index (κ1) is 14.6. The maximum atomic E-state index is 12.0. The van der Waals surface area contributed by atoms with Gasteiger partial charge < -0.3 is 5.32 Å². The van der Waals surface area contributed by atoms with Gasteiger partial charge in [0.05, 0.1) is 10.0 Å². The van der Waals surface area contributed by atoms with E-state index >= 15 is 0 Å². The molecule has 0 atom stereocenters. The van der Waals surface area contributed by atoms with E-state index in [2.05, 4.69) is 22.0 Å². The average molecular weight is 322 g/mol. The van der Waals surface area contributed by atoms with E-state index in [4.69, 9.17) is 11.6 Å². The molecule has 0 saturated heterocycles. The van der Waals surface area contributed by atoms with Gasteiger partial charge in [-0.2, -0.15) is 0 Å². The van der Waals surface area contributed by atoms with E-state index in [0.29, 0.717) is 16.6 Å². The lowest BCUT2D eigenvalue weighted by Gasteiger charge is -2.18. The Kier molecular flexibility index (Phi) is 4.70. The second-order valence-corrected chi connectivity index (χ2v) is 7.83. The summed E-state index contributed by atoms with van der Waals surface area (Å²) >= 11 is 6.87. The van der Waals surface area contributed by atoms with Crippen LogP contribution in [0.15, 0.2) is 15.3 Å². The maximum absolute atomic E-state index is 12.0. The summed E-state index contributed by atoms with van der Waals surface area (Å²) < 4.78 is 27.0. The van der Waals surface area contributed by atoms with E-state index < -0.39 is 10.0 Å². The Morgan fingerprint density at radius 3 is 2.89 bits per heavy atom. The Balaban J connectivity index is 2.05. The van der Waals surface area contributed by atoms with Gasteiger partial charge in [0.15, 0.2) is 4.21 Å². The molecule has 0 amide bonds. The number of thiophene rings is 1. The zero-order chi connectivity index (χ0) is 13.9. The fourth-order valence-electron chi connectivity index (χ4n) is 1.76. The van der Waals surface area contributed by atoms with Gasteiger partial charge in [-0.25, -0.2) is 13.1 Å². The molecule has 1 aromatic rings. The van der Waals surface area contributed by atoms with Crippen LogP contribution < -0.4 is 10.0 Å². The zero-order valence-corrected chi connectivity index (χ0v) is 13.0. The summed E-state index contributed by atoms with van der Waals surface area (Å²) in [7, 11) is -3.53. The molecule has 1 aliphatic rings. The van der Waals surface area contributed by atoms with Gasteiger partial charge in [-0.1, -0.05) is 37.8 Å². The molecular weight excluding hydrogens is 306 g/mol. The first-order valence-corrected chi connectivity index (χ1v) is 8.84. The number of fused-ring (bicyclic) bond motifs is 1. The van der Waals surface area contributed by atoms with Crippen LogP contribution in [-0.2, 0) is 10.0 Å². The summed E-state index contributed by atoms with van der Waals surface area (Å²) in [5, 5.41) is 2.95. The van der Waals surface area contributed by atoms with Crippen molar-refractivity contribution in [3.05, 3.63) is 10.4 Å². The number of guanidine groups is 1. The van der Waals surface area contributed by atoms with Crippen molar-refractivity contribution >= 4 is 44.6 Å². The van der Waals surface area contributed by atoms with Gasteiger partial charge in [-0.05, 0) is 12.5 Å². The third-order valence-corrected chi connectivity index (χ3v) is 5.81. The van der Waals surface area contributed by atoms with E-state index in [1.807, 2.05) is 0 Å². The number of nitrogens with one attached hydrogen (secondary N) is 2. The van der Waals surface area contributed by atoms with Crippen molar-refractivity contribution in [1.82, 2.24) is 4.72 Å². The van der Waals surface area contributed by atoms with E-state index in [0.717, 1.165) is 30.6 Å². The zero-order valence-electron chi connectivity index (χ0n) is 10.6. The maximum Gasteiger partial charge on any atom is 0.275 e. The molecular formula is C11H16ClN3O2S2. The van der Waals surface area contributed by atoms with Crippen molar-refractivity contribution in [3.63, 3.8) is 0 Å². The number of unbranched alkanes of at least 4 members (excludes halogenated alkanes) is 3. The van der Waals surface area contributed by atoms with Crippen LogP contribution in [0.4, 0.5) is 5.69 Å². The Bertz CT molecular complexity index is 581. The quantitative estimate of drug-likeness (QED) is 0.819. The molecule has 1 aromatic heterocycles. The summed E-state index contributed by atoms with van der Waals surface area (Å²) in [6.45, 7) is 2.75. The number of hydrogen-bond donors (Lipinski definition) is 2. The van der Waals surface area contributed by atoms with Crippen molar-refractivity contribution in [2.75, 3.05) is 11.9 Å². The van der Waals surface area contributed by atoms with Crippen molar-refractivity contribution < 1.29 is 8.42 Å². The van der Waals surface area contributed by atoms with Crippen LogP contribution in [0.2, 0.25) is 4.34 Å². The lowest BCUT2D eigenvalue weighted by Crippen LogP contribution is -2.40. The molecule has 0 fully saturated rings. The Hall–Kier alpha value is -0.790. The molecule has 0 aromatic carbocycles. The molecule has 2 N–H and O–H groups in total. The first-order valence-electron chi connectivity index (χ1n) is 6.16. The summed E-state index contributed by atoms with van der Waals surface area (Å²) in [6, 6.07) is 1.60. The minimum absolute atomic E-state index is 0.211. The molecule has 2 heterocycles. The minimum Gasteiger partial charge on any atom is -0.324 e. The highest BCUT2D eigenvalue weighted by Gasteiger charge is 2.29. The minimum atomic E-state index is -3.53. The monoisotopic (exact) mass is 321 g/mol. The third kappa shape index (κ3) is 3.61. The second kappa shape index (κ2) is 6.11. The Labute approximate surface area is 122 Å². The van der Waals surface area contributed by atoms with Gasteiger partial charge in [-0.15, -0.1) is 11.3 Å². The van der Waals surface area contributed by atoms with E-state index in [9.17, 15) is 8.42 Å². The van der Waals surface area contributed by atoms with Crippen LogP contribution in [0.25, 0.3) is 0 Å². The molecule has 0 radical (unpaired) electrons. The average Bonchev–Trinajstić information content (AvgIpc) is 2.70. The van der Waals surface area contributed by atoms with Gasteiger partial charge in [0.25, 0.3) is 10.0 Å². The lowest BCUT2D eigenvalue weighted by molar-refractivity contribution is 0.593. The smallest absolute Gasteiger partial charge is 0.275 e. The number of rotatable bonds is 5. The van der Waals surface area contributed by atoms with Gasteiger partial charge in [-0.3, -0.25) is 4.99 Å². The molecule has 0 unspecified atom stereocenters. The largest absolute Gasteiger partial charge is 0.324 e. The van der Waals surface area contributed by atoms with Crippen LogP contribution in [0, 0.1) is 0 Å². The fourth-order valence-corrected chi connectivity index (χ4v) is 4.51. The standard InChI is InChI=1S/C11H16ClN3O2S2/c1-2-3-4-5-6-13-11-14-8-7-9(12)18-10(8)19(16,17)15-11/h7H,2-6H2,1H3,(H2,13,14,15). The van der Waals surface area contributed by atoms with Gasteiger partial charge in [0.1, 0.15) is 0 Å². The number of halogens is 1. The molecule has 0 saturated carbocycles. The number of nitrogens with zero attached hydrogens (tertiary/aromatic N) is 1. The third-order valence-electron chi connectivity index (χ3n) is 2.68. The number of hydrogen-bond acceptors (Lipinski definition) is 4. The van der Waals surface area contributed by atoms with E-state index in [1.54, 1.807) is 6.07 Å². The first-order chi connectivity index (χ1) is 9.03. The van der Waals surface area contributed by atoms with Crippen LogP contribution in [0.1, 0.15) is 32.6 Å². The van der Waals surface area contributed by atoms with Gasteiger partial charge in [0, 0.05) is 6.54 Å². The molecule has 0 bridgehead atoms. The van der Waals surface area contributed by atoms with Crippen molar-refractivity contribution in [3.8, 4) is 0 Å². The number of sulfonamides is 1. The molecule has 0 spiro atoms. The Morgan fingerprint density at radius 1 is 1.37 bits per heavy atom. The summed E-state index contributed by atoms with van der Waals surface area (Å²) in [4.78, 5) is 4.24. The van der Waals surface area contributed by atoms with Crippen molar-refractivity contribution in [1.29, 1.82) is 0 Å².